The molecule has 0 saturated heterocycles. The third-order valence-corrected chi connectivity index (χ3v) is 4.13. The maximum atomic E-state index is 13.1. The van der Waals surface area contributed by atoms with Crippen LogP contribution in [0, 0.1) is 5.82 Å². The Morgan fingerprint density at radius 2 is 1.95 bits per heavy atom. The Kier molecular flexibility index (Phi) is 4.67. The smallest absolute Gasteiger partial charge is 0.419 e. The first-order valence-electron chi connectivity index (χ1n) is 5.55. The van der Waals surface area contributed by atoms with E-state index in [9.17, 15) is 22.4 Å². The molecule has 0 radical (unpaired) electrons. The summed E-state index contributed by atoms with van der Waals surface area (Å²) in [5.74, 6) is -1.97. The van der Waals surface area contributed by atoms with Crippen LogP contribution in [0.2, 0.25) is 0 Å². The number of halogens is 5. The van der Waals surface area contributed by atoms with Crippen molar-refractivity contribution >= 4 is 33.0 Å². The van der Waals surface area contributed by atoms with Gasteiger partial charge in [0.1, 0.15) is 11.6 Å². The number of Topliss-reactive ketones (excluding diaryl/α,β-unsaturated/α-hetero) is 1. The minimum absolute atomic E-state index is 0.215. The Balaban J connectivity index is 2.09. The van der Waals surface area contributed by atoms with Gasteiger partial charge in [0, 0.05) is 0 Å². The SMILES string of the molecule is O=C(COc1ccc(F)c(C(F)(F)F)c1)c1ccc(Br)s1. The van der Waals surface area contributed by atoms with Gasteiger partial charge in [0.2, 0.25) is 5.78 Å². The first-order valence-corrected chi connectivity index (χ1v) is 7.16. The summed E-state index contributed by atoms with van der Waals surface area (Å²) >= 11 is 4.38. The summed E-state index contributed by atoms with van der Waals surface area (Å²) in [4.78, 5) is 12.2. The first kappa shape index (κ1) is 16.0. The molecule has 0 fully saturated rings. The number of hydrogen-bond acceptors (Lipinski definition) is 3. The molecule has 1 aromatic heterocycles. The first-order chi connectivity index (χ1) is 9.77. The number of benzene rings is 1. The number of ether oxygens (including phenoxy) is 1. The molecule has 21 heavy (non-hydrogen) atoms. The molecule has 0 saturated carbocycles. The summed E-state index contributed by atoms with van der Waals surface area (Å²) < 4.78 is 56.4. The van der Waals surface area contributed by atoms with Crippen LogP contribution in [0.15, 0.2) is 34.1 Å². The van der Waals surface area contributed by atoms with Gasteiger partial charge < -0.3 is 4.74 Å². The van der Waals surface area contributed by atoms with E-state index in [1.54, 1.807) is 12.1 Å². The predicted molar refractivity (Wildman–Crippen MR) is 73.2 cm³/mol. The molecule has 0 bridgehead atoms. The third kappa shape index (κ3) is 4.04. The molecular weight excluding hydrogens is 376 g/mol. The van der Waals surface area contributed by atoms with E-state index < -0.39 is 24.2 Å². The van der Waals surface area contributed by atoms with Crippen LogP contribution in [-0.2, 0) is 6.18 Å². The fourth-order valence-corrected chi connectivity index (χ4v) is 2.81. The second-order valence-corrected chi connectivity index (χ2v) is 6.42. The molecule has 0 aliphatic heterocycles. The highest BCUT2D eigenvalue weighted by Crippen LogP contribution is 2.33. The van der Waals surface area contributed by atoms with E-state index in [2.05, 4.69) is 15.9 Å². The van der Waals surface area contributed by atoms with E-state index >= 15 is 0 Å². The van der Waals surface area contributed by atoms with Gasteiger partial charge >= 0.3 is 6.18 Å². The number of alkyl halides is 3. The van der Waals surface area contributed by atoms with Gasteiger partial charge in [-0.25, -0.2) is 4.39 Å². The number of ketones is 1. The largest absolute Gasteiger partial charge is 0.485 e. The summed E-state index contributed by atoms with van der Waals surface area (Å²) in [6, 6.07) is 5.49. The number of carbonyl (C=O) groups excluding carboxylic acids is 1. The Hall–Kier alpha value is -1.41. The maximum absolute atomic E-state index is 13.1. The minimum Gasteiger partial charge on any atom is -0.485 e. The standard InChI is InChI=1S/C13H7BrF4O2S/c14-12-4-3-11(21-12)10(19)6-20-7-1-2-9(15)8(5-7)13(16,17)18/h1-5H,6H2. The molecule has 0 amide bonds. The van der Waals surface area contributed by atoms with Crippen LogP contribution in [-0.4, -0.2) is 12.4 Å². The van der Waals surface area contributed by atoms with Gasteiger partial charge in [-0.05, 0) is 46.3 Å². The van der Waals surface area contributed by atoms with Crippen molar-refractivity contribution in [1.29, 1.82) is 0 Å². The average molecular weight is 383 g/mol. The quantitative estimate of drug-likeness (QED) is 0.553. The molecule has 1 aromatic carbocycles. The van der Waals surface area contributed by atoms with Crippen molar-refractivity contribution in [2.45, 2.75) is 6.18 Å². The normalized spacial score (nSPS) is 11.5. The van der Waals surface area contributed by atoms with Crippen LogP contribution in [0.1, 0.15) is 15.2 Å². The van der Waals surface area contributed by atoms with E-state index in [0.29, 0.717) is 17.0 Å². The van der Waals surface area contributed by atoms with Crippen LogP contribution in [0.4, 0.5) is 17.6 Å². The molecule has 0 unspecified atom stereocenters. The topological polar surface area (TPSA) is 26.3 Å². The number of thiophene rings is 1. The second kappa shape index (κ2) is 6.15. The molecule has 2 rings (SSSR count). The molecular formula is C13H7BrF4O2S. The van der Waals surface area contributed by atoms with Crippen molar-refractivity contribution < 1.29 is 27.1 Å². The Morgan fingerprint density at radius 1 is 1.24 bits per heavy atom. The minimum atomic E-state index is -4.81. The molecule has 0 N–H and O–H groups in total. The van der Waals surface area contributed by atoms with Crippen molar-refractivity contribution in [3.8, 4) is 5.75 Å². The Morgan fingerprint density at radius 3 is 2.52 bits per heavy atom. The fourth-order valence-electron chi connectivity index (χ4n) is 1.50. The summed E-state index contributed by atoms with van der Waals surface area (Å²) in [5.41, 5.74) is -1.42. The monoisotopic (exact) mass is 382 g/mol. The van der Waals surface area contributed by atoms with Gasteiger partial charge in [0.15, 0.2) is 6.61 Å². The second-order valence-electron chi connectivity index (χ2n) is 3.96. The molecule has 0 spiro atoms. The van der Waals surface area contributed by atoms with Crippen LogP contribution in [0.3, 0.4) is 0 Å². The zero-order valence-electron chi connectivity index (χ0n) is 10.2. The highest BCUT2D eigenvalue weighted by atomic mass is 79.9. The van der Waals surface area contributed by atoms with Gasteiger partial charge in [-0.1, -0.05) is 0 Å². The van der Waals surface area contributed by atoms with Crippen LogP contribution in [0.5, 0.6) is 5.75 Å². The van der Waals surface area contributed by atoms with Gasteiger partial charge in [-0.2, -0.15) is 13.2 Å². The lowest BCUT2D eigenvalue weighted by molar-refractivity contribution is -0.140. The summed E-state index contributed by atoms with van der Waals surface area (Å²) in [7, 11) is 0. The van der Waals surface area contributed by atoms with Gasteiger partial charge in [0.05, 0.1) is 14.2 Å². The van der Waals surface area contributed by atoms with Gasteiger partial charge in [0.25, 0.3) is 0 Å². The predicted octanol–water partition coefficient (Wildman–Crippen LogP) is 4.93. The molecule has 2 nitrogen and oxygen atoms in total. The van der Waals surface area contributed by atoms with E-state index in [1.165, 1.54) is 11.3 Å². The zero-order chi connectivity index (χ0) is 15.6. The molecule has 0 aliphatic rings. The lowest BCUT2D eigenvalue weighted by Gasteiger charge is -2.10. The van der Waals surface area contributed by atoms with E-state index in [-0.39, 0.29) is 11.5 Å². The molecule has 0 aliphatic carbocycles. The lowest BCUT2D eigenvalue weighted by atomic mass is 10.2. The number of carbonyl (C=O) groups is 1. The Labute approximate surface area is 129 Å². The van der Waals surface area contributed by atoms with Gasteiger partial charge in [-0.3, -0.25) is 4.79 Å². The molecule has 112 valence electrons. The van der Waals surface area contributed by atoms with Gasteiger partial charge in [-0.15, -0.1) is 11.3 Å². The summed E-state index contributed by atoms with van der Waals surface area (Å²) in [6.45, 7) is -0.421. The van der Waals surface area contributed by atoms with E-state index in [4.69, 9.17) is 4.74 Å². The average Bonchev–Trinajstić information content (AvgIpc) is 2.83. The molecule has 8 heteroatoms. The Bertz CT molecular complexity index is 666. The van der Waals surface area contributed by atoms with Crippen molar-refractivity contribution in [2.24, 2.45) is 0 Å². The highest BCUT2D eigenvalue weighted by Gasteiger charge is 2.34. The van der Waals surface area contributed by atoms with Crippen molar-refractivity contribution in [3.05, 3.63) is 50.4 Å². The molecule has 1 heterocycles. The maximum Gasteiger partial charge on any atom is 0.419 e. The van der Waals surface area contributed by atoms with Crippen molar-refractivity contribution in [1.82, 2.24) is 0 Å². The van der Waals surface area contributed by atoms with E-state index in [0.717, 1.165) is 9.85 Å². The fraction of sp³-hybridized carbons (Fsp3) is 0.154. The summed E-state index contributed by atoms with van der Waals surface area (Å²) in [5, 5.41) is 0. The number of hydrogen-bond donors (Lipinski definition) is 0. The zero-order valence-corrected chi connectivity index (χ0v) is 12.6. The van der Waals surface area contributed by atoms with Crippen LogP contribution >= 0.6 is 27.3 Å². The lowest BCUT2D eigenvalue weighted by Crippen LogP contribution is -2.12. The van der Waals surface area contributed by atoms with Crippen molar-refractivity contribution in [3.63, 3.8) is 0 Å². The van der Waals surface area contributed by atoms with Crippen LogP contribution < -0.4 is 4.74 Å². The third-order valence-electron chi connectivity index (χ3n) is 2.46. The van der Waals surface area contributed by atoms with Crippen LogP contribution in [0.25, 0.3) is 0 Å². The van der Waals surface area contributed by atoms with E-state index in [1.807, 2.05) is 0 Å². The summed E-state index contributed by atoms with van der Waals surface area (Å²) in [6.07, 6.45) is -4.81. The molecule has 2 aromatic rings. The number of rotatable bonds is 4. The highest BCUT2D eigenvalue weighted by molar-refractivity contribution is 9.11. The molecule has 0 atom stereocenters. The van der Waals surface area contributed by atoms with Crippen molar-refractivity contribution in [2.75, 3.05) is 6.61 Å².